The van der Waals surface area contributed by atoms with Crippen LogP contribution in [-0.2, 0) is 0 Å². The van der Waals surface area contributed by atoms with Crippen LogP contribution in [0.3, 0.4) is 0 Å². The summed E-state index contributed by atoms with van der Waals surface area (Å²) in [5.41, 5.74) is 0. The van der Waals surface area contributed by atoms with Crippen molar-refractivity contribution >= 4 is 28.8 Å². The smallest absolute Gasteiger partial charge is 0.155 e. The van der Waals surface area contributed by atoms with Gasteiger partial charge in [-0.2, -0.15) is 11.1 Å². The monoisotopic (exact) mass is 358 g/mol. The van der Waals surface area contributed by atoms with E-state index in [1.165, 1.54) is 48.9 Å². The third-order valence-electron chi connectivity index (χ3n) is 5.08. The van der Waals surface area contributed by atoms with Crippen molar-refractivity contribution in [3.05, 3.63) is 60.7 Å². The fourth-order valence-corrected chi connectivity index (χ4v) is 8.46. The molecule has 2 aromatic carbocycles. The van der Waals surface area contributed by atoms with E-state index in [1.807, 2.05) is 0 Å². The molecule has 2 aromatic rings. The van der Waals surface area contributed by atoms with Crippen LogP contribution in [0.1, 0.15) is 52.4 Å². The lowest BCUT2D eigenvalue weighted by atomic mass is 10.0. The van der Waals surface area contributed by atoms with Crippen LogP contribution < -0.4 is 10.4 Å². The summed E-state index contributed by atoms with van der Waals surface area (Å²) in [6, 6.07) is 22.8. The van der Waals surface area contributed by atoms with E-state index >= 15 is 0 Å². The third-order valence-corrected chi connectivity index (χ3v) is 10.5. The Morgan fingerprint density at radius 3 is 1.79 bits per heavy atom. The van der Waals surface area contributed by atoms with E-state index in [4.69, 9.17) is 11.1 Å². The topological polar surface area (TPSA) is 0 Å². The second-order valence-electron chi connectivity index (χ2n) is 6.86. The highest BCUT2D eigenvalue weighted by Gasteiger charge is 2.37. The van der Waals surface area contributed by atoms with E-state index in [-0.39, 0.29) is 0 Å². The minimum absolute atomic E-state index is 0.728. The van der Waals surface area contributed by atoms with E-state index in [1.54, 1.807) is 0 Å². The van der Waals surface area contributed by atoms with Crippen molar-refractivity contribution in [3.63, 3.8) is 0 Å². The molecular formula is C22H31ClSi. The Morgan fingerprint density at radius 2 is 1.33 bits per heavy atom. The Bertz CT molecular complexity index is 528. The van der Waals surface area contributed by atoms with Gasteiger partial charge in [0.25, 0.3) is 0 Å². The highest BCUT2D eigenvalue weighted by Crippen LogP contribution is 2.27. The first-order valence-electron chi connectivity index (χ1n) is 9.50. The van der Waals surface area contributed by atoms with Gasteiger partial charge < -0.3 is 0 Å². The molecule has 0 N–H and O–H groups in total. The number of halogens is 1. The highest BCUT2D eigenvalue weighted by atomic mass is 35.6. The minimum atomic E-state index is -2.18. The Kier molecular flexibility index (Phi) is 8.07. The molecule has 0 saturated heterocycles. The maximum atomic E-state index is 7.44. The second-order valence-corrected chi connectivity index (χ2v) is 12.0. The van der Waals surface area contributed by atoms with Gasteiger partial charge in [0.1, 0.15) is 0 Å². The molecule has 0 saturated carbocycles. The maximum absolute atomic E-state index is 7.44. The van der Waals surface area contributed by atoms with Gasteiger partial charge >= 0.3 is 0 Å². The quantitative estimate of drug-likeness (QED) is 0.278. The van der Waals surface area contributed by atoms with Crippen LogP contribution in [-0.4, -0.2) is 7.38 Å². The van der Waals surface area contributed by atoms with Crippen LogP contribution in [0, 0.1) is 5.92 Å². The van der Waals surface area contributed by atoms with Gasteiger partial charge in [0.2, 0.25) is 7.38 Å². The van der Waals surface area contributed by atoms with Crippen LogP contribution in [0.5, 0.6) is 0 Å². The first-order valence-corrected chi connectivity index (χ1v) is 12.7. The van der Waals surface area contributed by atoms with Crippen LogP contribution in [0.15, 0.2) is 60.7 Å². The lowest BCUT2D eigenvalue weighted by Gasteiger charge is -2.30. The van der Waals surface area contributed by atoms with Gasteiger partial charge in [-0.25, -0.2) is 0 Å². The Balaban J connectivity index is 2.20. The molecule has 130 valence electrons. The van der Waals surface area contributed by atoms with Gasteiger partial charge in [-0.3, -0.25) is 0 Å². The second kappa shape index (κ2) is 10.1. The summed E-state index contributed by atoms with van der Waals surface area (Å²) in [4.78, 5) is 0. The molecule has 0 radical (unpaired) electrons. The summed E-state index contributed by atoms with van der Waals surface area (Å²) in [6.45, 7) is 4.60. The fraction of sp³-hybridized carbons (Fsp3) is 0.455. The molecule has 0 nitrogen and oxygen atoms in total. The number of hydrogen-bond acceptors (Lipinski definition) is 0. The molecule has 24 heavy (non-hydrogen) atoms. The average molecular weight is 359 g/mol. The molecule has 1 unspecified atom stereocenters. The zero-order valence-electron chi connectivity index (χ0n) is 15.2. The summed E-state index contributed by atoms with van der Waals surface area (Å²) in [5.74, 6) is 0.728. The average Bonchev–Trinajstić information content (AvgIpc) is 2.65. The van der Waals surface area contributed by atoms with Gasteiger partial charge in [0, 0.05) is 0 Å². The normalized spacial score (nSPS) is 13.0. The molecule has 0 aliphatic heterocycles. The molecule has 0 spiro atoms. The van der Waals surface area contributed by atoms with Gasteiger partial charge in [0.05, 0.1) is 0 Å². The number of benzene rings is 2. The lowest BCUT2D eigenvalue weighted by Crippen LogP contribution is -2.54. The van der Waals surface area contributed by atoms with E-state index in [9.17, 15) is 0 Å². The molecule has 0 fully saturated rings. The summed E-state index contributed by atoms with van der Waals surface area (Å²) in [6.07, 6.45) is 7.92. The van der Waals surface area contributed by atoms with Crippen molar-refractivity contribution in [1.29, 1.82) is 0 Å². The molecule has 1 atom stereocenters. The van der Waals surface area contributed by atoms with E-state index in [0.717, 1.165) is 12.0 Å². The molecule has 2 heteroatoms. The van der Waals surface area contributed by atoms with Gasteiger partial charge in [-0.15, -0.1) is 0 Å². The first-order chi connectivity index (χ1) is 11.7. The van der Waals surface area contributed by atoms with Crippen molar-refractivity contribution < 1.29 is 0 Å². The van der Waals surface area contributed by atoms with Gasteiger partial charge in [-0.1, -0.05) is 113 Å². The molecular weight excluding hydrogens is 328 g/mol. The van der Waals surface area contributed by atoms with E-state index in [2.05, 4.69) is 74.5 Å². The predicted molar refractivity (Wildman–Crippen MR) is 111 cm³/mol. The van der Waals surface area contributed by atoms with Crippen LogP contribution in [0.4, 0.5) is 0 Å². The predicted octanol–water partition coefficient (Wildman–Crippen LogP) is 5.98. The molecule has 2 rings (SSSR count). The SMILES string of the molecule is CCCCCCC(CC)C[Si](Cl)(c1ccccc1)c1ccccc1. The fourth-order valence-electron chi connectivity index (χ4n) is 3.52. The zero-order valence-corrected chi connectivity index (χ0v) is 16.9. The maximum Gasteiger partial charge on any atom is 0.217 e. The molecule has 0 aliphatic carbocycles. The minimum Gasteiger partial charge on any atom is -0.155 e. The van der Waals surface area contributed by atoms with Crippen molar-refractivity contribution in [1.82, 2.24) is 0 Å². The van der Waals surface area contributed by atoms with Crippen molar-refractivity contribution in [3.8, 4) is 0 Å². The molecule has 0 aromatic heterocycles. The summed E-state index contributed by atoms with van der Waals surface area (Å²) in [5, 5.41) is 2.70. The van der Waals surface area contributed by atoms with Crippen molar-refractivity contribution in [2.45, 2.75) is 58.4 Å². The molecule has 0 bridgehead atoms. The number of hydrogen-bond donors (Lipinski definition) is 0. The Labute approximate surface area is 154 Å². The number of unbranched alkanes of at least 4 members (excludes halogenated alkanes) is 3. The van der Waals surface area contributed by atoms with Crippen molar-refractivity contribution in [2.24, 2.45) is 5.92 Å². The summed E-state index contributed by atoms with van der Waals surface area (Å²) < 4.78 is 0. The third kappa shape index (κ3) is 5.22. The van der Waals surface area contributed by atoms with Gasteiger partial charge in [-0.05, 0) is 22.3 Å². The van der Waals surface area contributed by atoms with Crippen LogP contribution in [0.25, 0.3) is 0 Å². The zero-order chi connectivity index (χ0) is 17.3. The van der Waals surface area contributed by atoms with E-state index in [0.29, 0.717) is 0 Å². The molecule has 0 aliphatic rings. The Hall–Kier alpha value is -1.05. The van der Waals surface area contributed by atoms with Crippen LogP contribution >= 0.6 is 11.1 Å². The van der Waals surface area contributed by atoms with Crippen molar-refractivity contribution in [2.75, 3.05) is 0 Å². The van der Waals surface area contributed by atoms with Gasteiger partial charge in [0.15, 0.2) is 0 Å². The summed E-state index contributed by atoms with van der Waals surface area (Å²) >= 11 is 7.44. The Morgan fingerprint density at radius 1 is 0.792 bits per heavy atom. The van der Waals surface area contributed by atoms with E-state index < -0.39 is 7.38 Å². The lowest BCUT2D eigenvalue weighted by molar-refractivity contribution is 0.474. The molecule has 0 amide bonds. The molecule has 0 heterocycles. The number of rotatable bonds is 10. The first kappa shape index (κ1) is 19.3. The largest absolute Gasteiger partial charge is 0.217 e. The highest BCUT2D eigenvalue weighted by molar-refractivity contribution is 7.34. The summed E-state index contributed by atoms with van der Waals surface area (Å²) in [7, 11) is -2.18. The van der Waals surface area contributed by atoms with Crippen LogP contribution in [0.2, 0.25) is 6.04 Å². The standard InChI is InChI=1S/C22H31ClSi/c1-3-5-6-9-14-20(4-2)19-24(23,21-15-10-7-11-16-21)22-17-12-8-13-18-22/h7-8,10-13,15-18,20H,3-6,9,14,19H2,1-2H3.